The van der Waals surface area contributed by atoms with Crippen molar-refractivity contribution in [3.63, 3.8) is 0 Å². The predicted molar refractivity (Wildman–Crippen MR) is 83.5 cm³/mol. The molecule has 0 radical (unpaired) electrons. The molecule has 1 aromatic rings. The monoisotopic (exact) mass is 307 g/mol. The molecule has 3 rings (SSSR count). The number of hydrogen-bond acceptors (Lipinski definition) is 5. The zero-order chi connectivity index (χ0) is 15.6. The fourth-order valence-electron chi connectivity index (χ4n) is 3.50. The summed E-state index contributed by atoms with van der Waals surface area (Å²) in [5, 5.41) is 0. The van der Waals surface area contributed by atoms with Gasteiger partial charge in [0.25, 0.3) is 0 Å². The molecule has 2 fully saturated rings. The van der Waals surface area contributed by atoms with E-state index in [4.69, 9.17) is 18.9 Å². The van der Waals surface area contributed by atoms with E-state index >= 15 is 0 Å². The number of rotatable bonds is 5. The second-order valence-corrected chi connectivity index (χ2v) is 6.25. The molecule has 2 heterocycles. The number of ether oxygens (including phenoxy) is 4. The van der Waals surface area contributed by atoms with Crippen molar-refractivity contribution >= 4 is 0 Å². The summed E-state index contributed by atoms with van der Waals surface area (Å²) in [6.07, 6.45) is 2.35. The first kappa shape index (κ1) is 15.6. The maximum Gasteiger partial charge on any atom is 0.122 e. The average molecular weight is 307 g/mol. The van der Waals surface area contributed by atoms with Crippen LogP contribution in [0.15, 0.2) is 18.2 Å². The number of hydrogen-bond donors (Lipinski definition) is 0. The van der Waals surface area contributed by atoms with Crippen molar-refractivity contribution in [3.8, 4) is 11.5 Å². The molecule has 2 aliphatic rings. The minimum absolute atomic E-state index is 0.00186. The summed E-state index contributed by atoms with van der Waals surface area (Å²) >= 11 is 0. The highest BCUT2D eigenvalue weighted by molar-refractivity contribution is 5.38. The van der Waals surface area contributed by atoms with Crippen molar-refractivity contribution in [1.29, 1.82) is 0 Å². The fourth-order valence-corrected chi connectivity index (χ4v) is 3.50. The SMILES string of the molecule is COc1cc(CN2CC3(C[C@H](OC)CCO3)C2)cc(OC)c1. The molecule has 1 aromatic carbocycles. The zero-order valence-corrected chi connectivity index (χ0v) is 13.6. The van der Waals surface area contributed by atoms with Crippen molar-refractivity contribution in [3.05, 3.63) is 23.8 Å². The van der Waals surface area contributed by atoms with Crippen LogP contribution in [0, 0.1) is 0 Å². The van der Waals surface area contributed by atoms with Gasteiger partial charge in [0.1, 0.15) is 11.5 Å². The standard InChI is InChI=1S/C17H25NO4/c1-19-14-4-5-22-17(9-14)11-18(12-17)10-13-6-15(20-2)8-16(7-13)21-3/h6-8,14H,4-5,9-12H2,1-3H3/t14-/m1/s1. The Labute approximate surface area is 132 Å². The van der Waals surface area contributed by atoms with Crippen molar-refractivity contribution in [2.45, 2.75) is 31.1 Å². The van der Waals surface area contributed by atoms with E-state index in [1.54, 1.807) is 21.3 Å². The van der Waals surface area contributed by atoms with E-state index in [9.17, 15) is 0 Å². The van der Waals surface area contributed by atoms with Gasteiger partial charge in [-0.2, -0.15) is 0 Å². The highest BCUT2D eigenvalue weighted by Crippen LogP contribution is 2.36. The molecule has 5 heteroatoms. The van der Waals surface area contributed by atoms with E-state index in [0.29, 0.717) is 6.10 Å². The second kappa shape index (κ2) is 6.44. The first-order valence-corrected chi connectivity index (χ1v) is 7.77. The van der Waals surface area contributed by atoms with Gasteiger partial charge >= 0.3 is 0 Å². The van der Waals surface area contributed by atoms with Crippen LogP contribution in [0.5, 0.6) is 11.5 Å². The Morgan fingerprint density at radius 3 is 2.41 bits per heavy atom. The minimum Gasteiger partial charge on any atom is -0.497 e. The summed E-state index contributed by atoms with van der Waals surface area (Å²) in [6, 6.07) is 6.02. The molecule has 1 spiro atoms. The Kier molecular flexibility index (Phi) is 4.57. The molecule has 2 aliphatic heterocycles. The van der Waals surface area contributed by atoms with E-state index in [0.717, 1.165) is 50.6 Å². The lowest BCUT2D eigenvalue weighted by Crippen LogP contribution is -2.65. The molecule has 0 N–H and O–H groups in total. The lowest BCUT2D eigenvalue weighted by Gasteiger charge is -2.53. The Bertz CT molecular complexity index is 491. The average Bonchev–Trinajstić information content (AvgIpc) is 2.53. The molecule has 1 atom stereocenters. The molecule has 122 valence electrons. The summed E-state index contributed by atoms with van der Waals surface area (Å²) in [5.74, 6) is 1.66. The van der Waals surface area contributed by atoms with Crippen molar-refractivity contribution in [2.75, 3.05) is 41.0 Å². The van der Waals surface area contributed by atoms with E-state index in [-0.39, 0.29) is 5.60 Å². The second-order valence-electron chi connectivity index (χ2n) is 6.25. The molecule has 0 aliphatic carbocycles. The summed E-state index contributed by atoms with van der Waals surface area (Å²) in [6.45, 7) is 3.62. The van der Waals surface area contributed by atoms with Gasteiger partial charge < -0.3 is 18.9 Å². The first-order chi connectivity index (χ1) is 10.7. The third kappa shape index (κ3) is 3.21. The Hall–Kier alpha value is -1.30. The third-order valence-electron chi connectivity index (χ3n) is 4.62. The highest BCUT2D eigenvalue weighted by Gasteiger charge is 2.47. The number of likely N-dealkylation sites (tertiary alicyclic amines) is 1. The fraction of sp³-hybridized carbons (Fsp3) is 0.647. The van der Waals surface area contributed by atoms with Crippen LogP contribution in [0.4, 0.5) is 0 Å². The predicted octanol–water partition coefficient (Wildman–Crippen LogP) is 2.08. The molecule has 0 aromatic heterocycles. The molecule has 0 amide bonds. The van der Waals surface area contributed by atoms with Crippen LogP contribution in [-0.4, -0.2) is 57.6 Å². The van der Waals surface area contributed by atoms with Crippen LogP contribution in [0.3, 0.4) is 0 Å². The quantitative estimate of drug-likeness (QED) is 0.833. The molecule has 22 heavy (non-hydrogen) atoms. The Morgan fingerprint density at radius 2 is 1.82 bits per heavy atom. The third-order valence-corrected chi connectivity index (χ3v) is 4.62. The van der Waals surface area contributed by atoms with Gasteiger partial charge in [-0.25, -0.2) is 0 Å². The smallest absolute Gasteiger partial charge is 0.122 e. The molecule has 2 saturated heterocycles. The summed E-state index contributed by atoms with van der Waals surface area (Å²) in [5.41, 5.74) is 1.20. The number of benzene rings is 1. The van der Waals surface area contributed by atoms with Crippen LogP contribution in [0.2, 0.25) is 0 Å². The maximum atomic E-state index is 6.02. The van der Waals surface area contributed by atoms with Gasteiger partial charge in [0.2, 0.25) is 0 Å². The van der Waals surface area contributed by atoms with Gasteiger partial charge in [-0.3, -0.25) is 4.90 Å². The molecule has 5 nitrogen and oxygen atoms in total. The van der Waals surface area contributed by atoms with Gasteiger partial charge in [0.05, 0.1) is 25.9 Å². The first-order valence-electron chi connectivity index (χ1n) is 7.77. The van der Waals surface area contributed by atoms with Gasteiger partial charge in [0.15, 0.2) is 0 Å². The molecular weight excluding hydrogens is 282 g/mol. The summed E-state index contributed by atoms with van der Waals surface area (Å²) in [7, 11) is 5.15. The van der Waals surface area contributed by atoms with E-state index < -0.39 is 0 Å². The molecular formula is C17H25NO4. The number of methoxy groups -OCH3 is 3. The maximum absolute atomic E-state index is 6.02. The van der Waals surface area contributed by atoms with Gasteiger partial charge in [-0.05, 0) is 24.1 Å². The van der Waals surface area contributed by atoms with E-state index in [1.807, 2.05) is 6.07 Å². The molecule has 0 bridgehead atoms. The normalized spacial score (nSPS) is 24.0. The number of nitrogens with zero attached hydrogens (tertiary/aromatic N) is 1. The van der Waals surface area contributed by atoms with Gasteiger partial charge in [-0.1, -0.05) is 0 Å². The van der Waals surface area contributed by atoms with Crippen LogP contribution < -0.4 is 9.47 Å². The van der Waals surface area contributed by atoms with Crippen LogP contribution in [-0.2, 0) is 16.0 Å². The van der Waals surface area contributed by atoms with Crippen molar-refractivity contribution in [1.82, 2.24) is 4.90 Å². The van der Waals surface area contributed by atoms with Gasteiger partial charge in [-0.15, -0.1) is 0 Å². The Balaban J connectivity index is 1.60. The summed E-state index contributed by atoms with van der Waals surface area (Å²) < 4.78 is 22.2. The lowest BCUT2D eigenvalue weighted by molar-refractivity contribution is -0.195. The lowest BCUT2D eigenvalue weighted by atomic mass is 9.84. The summed E-state index contributed by atoms with van der Waals surface area (Å²) in [4.78, 5) is 2.40. The molecule has 0 unspecified atom stereocenters. The topological polar surface area (TPSA) is 40.2 Å². The van der Waals surface area contributed by atoms with Crippen molar-refractivity contribution in [2.24, 2.45) is 0 Å². The van der Waals surface area contributed by atoms with Crippen LogP contribution in [0.1, 0.15) is 18.4 Å². The largest absolute Gasteiger partial charge is 0.497 e. The highest BCUT2D eigenvalue weighted by atomic mass is 16.5. The van der Waals surface area contributed by atoms with E-state index in [1.165, 1.54) is 5.56 Å². The Morgan fingerprint density at radius 1 is 1.14 bits per heavy atom. The van der Waals surface area contributed by atoms with Crippen LogP contribution >= 0.6 is 0 Å². The van der Waals surface area contributed by atoms with Gasteiger partial charge in [0, 0.05) is 45.8 Å². The molecule has 0 saturated carbocycles. The zero-order valence-electron chi connectivity index (χ0n) is 13.6. The van der Waals surface area contributed by atoms with Crippen LogP contribution in [0.25, 0.3) is 0 Å². The van der Waals surface area contributed by atoms with Crippen molar-refractivity contribution < 1.29 is 18.9 Å². The van der Waals surface area contributed by atoms with E-state index in [2.05, 4.69) is 17.0 Å². The minimum atomic E-state index is 0.00186.